The fourth-order valence-corrected chi connectivity index (χ4v) is 2.94. The van der Waals surface area contributed by atoms with Crippen LogP contribution < -0.4 is 35.4 Å². The molecule has 5 heteroatoms. The number of hydrogen-bond acceptors (Lipinski definition) is 0. The minimum Gasteiger partial charge on any atom is -1.00 e. The molecule has 1 aromatic carbocycles. The molecule has 0 amide bonds. The molecule has 0 aliphatic heterocycles. The van der Waals surface area contributed by atoms with Gasteiger partial charge in [-0.1, -0.05) is 15.9 Å². The van der Waals surface area contributed by atoms with Crippen LogP contribution in [0.4, 0.5) is 5.69 Å². The summed E-state index contributed by atoms with van der Waals surface area (Å²) in [5.41, 5.74) is 8.29. The van der Waals surface area contributed by atoms with Crippen molar-refractivity contribution in [2.24, 2.45) is 0 Å². The van der Waals surface area contributed by atoms with E-state index in [2.05, 4.69) is 47.9 Å². The van der Waals surface area contributed by atoms with Gasteiger partial charge in [0.2, 0.25) is 0 Å². The lowest BCUT2D eigenvalue weighted by Gasteiger charge is -2.27. The summed E-state index contributed by atoms with van der Waals surface area (Å²) in [5.74, 6) is 0. The fourth-order valence-electron chi connectivity index (χ4n) is 2.40. The first-order chi connectivity index (χ1) is 7.09. The Morgan fingerprint density at radius 3 is 2.53 bits per heavy atom. The van der Waals surface area contributed by atoms with E-state index in [0.717, 1.165) is 6.04 Å². The van der Waals surface area contributed by atoms with Crippen LogP contribution in [0, 0.1) is 0 Å². The van der Waals surface area contributed by atoms with Gasteiger partial charge in [0.05, 0.1) is 20.1 Å². The number of halogens is 3. The molecule has 1 aliphatic carbocycles. The van der Waals surface area contributed by atoms with Gasteiger partial charge in [0.1, 0.15) is 5.69 Å². The molecule has 2 nitrogen and oxygen atoms in total. The predicted molar refractivity (Wildman–Crippen MR) is 67.4 cm³/mol. The van der Waals surface area contributed by atoms with Crippen LogP contribution in [0.25, 0.3) is 0 Å². The Morgan fingerprint density at radius 1 is 1.29 bits per heavy atom. The number of quaternary nitrogens is 2. The van der Waals surface area contributed by atoms with Crippen molar-refractivity contribution in [3.63, 3.8) is 0 Å². The summed E-state index contributed by atoms with van der Waals surface area (Å²) in [6.07, 6.45) is 3.65. The molecule has 1 unspecified atom stereocenters. The van der Waals surface area contributed by atoms with Crippen LogP contribution in [0.5, 0.6) is 0 Å². The molecule has 1 aliphatic rings. The molecule has 0 saturated carbocycles. The quantitative estimate of drug-likeness (QED) is 0.510. The second-order valence-electron chi connectivity index (χ2n) is 4.68. The minimum absolute atomic E-state index is 0. The van der Waals surface area contributed by atoms with E-state index in [1.165, 1.54) is 40.5 Å². The van der Waals surface area contributed by atoms with E-state index >= 15 is 0 Å². The predicted octanol–water partition coefficient (Wildman–Crippen LogP) is -5.42. The maximum absolute atomic E-state index is 4.12. The van der Waals surface area contributed by atoms with E-state index in [0.29, 0.717) is 0 Å². The molecule has 0 bridgehead atoms. The summed E-state index contributed by atoms with van der Waals surface area (Å²) >= 11 is 3.66. The largest absolute Gasteiger partial charge is 1.00 e. The van der Waals surface area contributed by atoms with Gasteiger partial charge in [-0.25, -0.2) is 0 Å². The average Bonchev–Trinajstić information content (AvgIpc) is 2.23. The number of hydrogen-bond donors (Lipinski definition) is 2. The molecule has 17 heavy (non-hydrogen) atoms. The number of likely N-dealkylation sites (N-methyl/N-ethyl adjacent to an activating group) is 1. The highest BCUT2D eigenvalue weighted by molar-refractivity contribution is 9.10. The summed E-state index contributed by atoms with van der Waals surface area (Å²) in [6.45, 7) is 0. The molecule has 0 radical (unpaired) electrons. The Labute approximate surface area is 125 Å². The molecular formula is C12H21BrCl2N2. The lowest BCUT2D eigenvalue weighted by atomic mass is 9.87. The van der Waals surface area contributed by atoms with Gasteiger partial charge in [-0.2, -0.15) is 0 Å². The van der Waals surface area contributed by atoms with Crippen LogP contribution in [0.3, 0.4) is 0 Å². The van der Waals surface area contributed by atoms with Gasteiger partial charge in [0.25, 0.3) is 0 Å². The molecule has 0 spiro atoms. The van der Waals surface area contributed by atoms with E-state index in [1.54, 1.807) is 4.90 Å². The second-order valence-corrected chi connectivity index (χ2v) is 5.54. The van der Waals surface area contributed by atoms with E-state index in [-0.39, 0.29) is 26.2 Å². The molecule has 0 heterocycles. The summed E-state index contributed by atoms with van der Waals surface area (Å²) in [7, 11) is 4.50. The monoisotopic (exact) mass is 342 g/mol. The van der Waals surface area contributed by atoms with Crippen molar-refractivity contribution in [2.75, 3.05) is 14.1 Å². The fraction of sp³-hybridized carbons (Fsp3) is 0.500. The van der Waals surface area contributed by atoms with Crippen molar-refractivity contribution in [3.05, 3.63) is 27.7 Å². The van der Waals surface area contributed by atoms with E-state index in [9.17, 15) is 0 Å². The molecule has 2 rings (SSSR count). The molecule has 0 aromatic heterocycles. The van der Waals surface area contributed by atoms with Gasteiger partial charge in [-0.05, 0) is 18.1 Å². The smallest absolute Gasteiger partial charge is 0.131 e. The standard InChI is InChI=1S/C12H17BrN2.2ClH.H2/c1-15(2)8-3-4-9-10(7-8)11(13)5-6-12(9)14;;;/h5-6,8H,3-4,7,14H2,1-2H3;3*1H. The second kappa shape index (κ2) is 6.95. The Balaban J connectivity index is 0. The summed E-state index contributed by atoms with van der Waals surface area (Å²) < 4.78 is 1.26. The van der Waals surface area contributed by atoms with Gasteiger partial charge < -0.3 is 35.4 Å². The van der Waals surface area contributed by atoms with Gasteiger partial charge in [0, 0.05) is 30.4 Å². The van der Waals surface area contributed by atoms with Crippen molar-refractivity contribution < 1.29 is 36.9 Å². The van der Waals surface area contributed by atoms with Gasteiger partial charge in [-0.15, -0.1) is 0 Å². The number of fused-ring (bicyclic) bond motifs is 1. The number of benzene rings is 1. The maximum Gasteiger partial charge on any atom is 0.131 e. The van der Waals surface area contributed by atoms with Crippen molar-refractivity contribution in [1.82, 2.24) is 0 Å². The molecule has 100 valence electrons. The zero-order valence-electron chi connectivity index (χ0n) is 10.2. The third-order valence-corrected chi connectivity index (χ3v) is 4.22. The Kier molecular flexibility index (Phi) is 7.04. The Hall–Kier alpha value is 0.200. The van der Waals surface area contributed by atoms with Crippen LogP contribution in [0.1, 0.15) is 19.0 Å². The van der Waals surface area contributed by atoms with E-state index in [4.69, 9.17) is 0 Å². The lowest BCUT2D eigenvalue weighted by Crippen LogP contribution is -3.10. The van der Waals surface area contributed by atoms with Crippen molar-refractivity contribution in [3.8, 4) is 0 Å². The molecule has 1 aromatic rings. The van der Waals surface area contributed by atoms with Crippen LogP contribution in [0.2, 0.25) is 0 Å². The normalized spacial score (nSPS) is 18.1. The topological polar surface area (TPSA) is 32.1 Å². The molecule has 0 fully saturated rings. The lowest BCUT2D eigenvalue weighted by molar-refractivity contribution is -0.886. The van der Waals surface area contributed by atoms with Crippen LogP contribution >= 0.6 is 15.9 Å². The SMILES string of the molecule is C[NH+](C)C1CCc2c([NH3+])ccc(Br)c2C1.[Cl-].[Cl-].[HH]. The van der Waals surface area contributed by atoms with Crippen molar-refractivity contribution in [1.29, 1.82) is 0 Å². The summed E-state index contributed by atoms with van der Waals surface area (Å²) in [5, 5.41) is 0. The number of rotatable bonds is 1. The molecule has 1 atom stereocenters. The Bertz CT molecular complexity index is 389. The van der Waals surface area contributed by atoms with E-state index in [1.807, 2.05) is 0 Å². The number of nitrogens with one attached hydrogen (secondary N) is 1. The first-order valence-electron chi connectivity index (χ1n) is 5.52. The van der Waals surface area contributed by atoms with Crippen molar-refractivity contribution >= 4 is 21.6 Å². The van der Waals surface area contributed by atoms with Gasteiger partial charge in [0.15, 0.2) is 0 Å². The first kappa shape index (κ1) is 17.2. The van der Waals surface area contributed by atoms with E-state index < -0.39 is 0 Å². The highest BCUT2D eigenvalue weighted by Crippen LogP contribution is 2.30. The van der Waals surface area contributed by atoms with Gasteiger partial charge in [-0.3, -0.25) is 0 Å². The molecule has 0 saturated heterocycles. The van der Waals surface area contributed by atoms with Crippen LogP contribution in [0.15, 0.2) is 16.6 Å². The van der Waals surface area contributed by atoms with Gasteiger partial charge >= 0.3 is 0 Å². The first-order valence-corrected chi connectivity index (χ1v) is 6.31. The van der Waals surface area contributed by atoms with Crippen molar-refractivity contribution in [2.45, 2.75) is 25.3 Å². The summed E-state index contributed by atoms with van der Waals surface area (Å²) in [6, 6.07) is 5.01. The van der Waals surface area contributed by atoms with Crippen LogP contribution in [-0.4, -0.2) is 20.1 Å². The highest BCUT2D eigenvalue weighted by Gasteiger charge is 2.26. The minimum atomic E-state index is 0. The Morgan fingerprint density at radius 2 is 1.94 bits per heavy atom. The highest BCUT2D eigenvalue weighted by atomic mass is 79.9. The maximum atomic E-state index is 4.12. The third kappa shape index (κ3) is 3.58. The summed E-state index contributed by atoms with van der Waals surface area (Å²) in [4.78, 5) is 1.56. The molecule has 4 N–H and O–H groups in total. The van der Waals surface area contributed by atoms with Crippen LogP contribution in [-0.2, 0) is 12.8 Å². The zero-order chi connectivity index (χ0) is 11.0. The average molecular weight is 344 g/mol. The zero-order valence-corrected chi connectivity index (χ0v) is 13.3. The molecular weight excluding hydrogens is 323 g/mol. The third-order valence-electron chi connectivity index (χ3n) is 3.48.